The van der Waals surface area contributed by atoms with E-state index in [1.54, 1.807) is 37.6 Å². The molecule has 11 nitrogen and oxygen atoms in total. The van der Waals surface area contributed by atoms with Crippen LogP contribution in [0.5, 0.6) is 0 Å². The number of benzene rings is 1. The van der Waals surface area contributed by atoms with Gasteiger partial charge < -0.3 is 14.0 Å². The van der Waals surface area contributed by atoms with Crippen molar-refractivity contribution >= 4 is 23.1 Å². The summed E-state index contributed by atoms with van der Waals surface area (Å²) >= 11 is 0. The lowest BCUT2D eigenvalue weighted by molar-refractivity contribution is -0.173. The smallest absolute Gasteiger partial charge is 0.352 e. The van der Waals surface area contributed by atoms with E-state index < -0.39 is 23.7 Å². The molecule has 2 bridgehead atoms. The van der Waals surface area contributed by atoms with Gasteiger partial charge in [0.2, 0.25) is 6.10 Å². The maximum absolute atomic E-state index is 13.0. The Bertz CT molecular complexity index is 1440. The molecular formula is C27H33N5O6. The van der Waals surface area contributed by atoms with E-state index in [2.05, 4.69) is 9.88 Å². The number of fused-ring (bicyclic) bond motifs is 3. The molecule has 0 aliphatic carbocycles. The van der Waals surface area contributed by atoms with Crippen LogP contribution in [-0.2, 0) is 39.7 Å². The fourth-order valence-electron chi connectivity index (χ4n) is 5.95. The van der Waals surface area contributed by atoms with Gasteiger partial charge in [0.1, 0.15) is 6.10 Å². The number of piperidine rings is 1. The molecule has 0 spiro atoms. The molecule has 3 aromatic rings. The monoisotopic (exact) mass is 523 g/mol. The summed E-state index contributed by atoms with van der Waals surface area (Å²) in [6, 6.07) is 9.55. The molecular weight excluding hydrogens is 490 g/mol. The number of hydrogen-bond acceptors (Lipinski definition) is 8. The van der Waals surface area contributed by atoms with Crippen molar-refractivity contribution in [3.63, 3.8) is 0 Å². The molecule has 2 fully saturated rings. The molecule has 2 saturated heterocycles. The van der Waals surface area contributed by atoms with Gasteiger partial charge in [-0.1, -0.05) is 30.3 Å². The number of hydrogen-bond donors (Lipinski definition) is 0. The minimum Gasteiger partial charge on any atom is -0.459 e. The van der Waals surface area contributed by atoms with Crippen LogP contribution in [0.15, 0.2) is 46.2 Å². The minimum absolute atomic E-state index is 0.222. The Morgan fingerprint density at radius 3 is 2.37 bits per heavy atom. The summed E-state index contributed by atoms with van der Waals surface area (Å²) in [6.45, 7) is 2.74. The van der Waals surface area contributed by atoms with Crippen LogP contribution >= 0.6 is 0 Å². The lowest BCUT2D eigenvalue weighted by Crippen LogP contribution is -2.46. The third-order valence-corrected chi connectivity index (χ3v) is 7.76. The zero-order valence-corrected chi connectivity index (χ0v) is 21.9. The van der Waals surface area contributed by atoms with Gasteiger partial charge in [0.15, 0.2) is 11.2 Å². The van der Waals surface area contributed by atoms with Crippen LogP contribution in [0.2, 0.25) is 0 Å². The molecule has 0 amide bonds. The molecule has 202 valence electrons. The second kappa shape index (κ2) is 10.6. The van der Waals surface area contributed by atoms with E-state index in [1.807, 2.05) is 10.6 Å². The van der Waals surface area contributed by atoms with Gasteiger partial charge in [0.05, 0.1) is 6.33 Å². The summed E-state index contributed by atoms with van der Waals surface area (Å²) in [4.78, 5) is 56.3. The third-order valence-electron chi connectivity index (χ3n) is 7.76. The molecule has 0 N–H and O–H groups in total. The molecule has 4 heterocycles. The van der Waals surface area contributed by atoms with E-state index in [0.29, 0.717) is 35.4 Å². The fourth-order valence-corrected chi connectivity index (χ4v) is 5.95. The Labute approximate surface area is 219 Å². The molecule has 3 unspecified atom stereocenters. The summed E-state index contributed by atoms with van der Waals surface area (Å²) < 4.78 is 15.5. The number of aryl methyl sites for hydroxylation is 2. The highest BCUT2D eigenvalue weighted by Crippen LogP contribution is 2.37. The Morgan fingerprint density at radius 2 is 1.71 bits per heavy atom. The molecule has 2 aliphatic rings. The van der Waals surface area contributed by atoms with Gasteiger partial charge in [-0.3, -0.25) is 23.6 Å². The van der Waals surface area contributed by atoms with Crippen LogP contribution in [0, 0.1) is 0 Å². The topological polar surface area (TPSA) is 118 Å². The van der Waals surface area contributed by atoms with Gasteiger partial charge in [-0.2, -0.15) is 0 Å². The van der Waals surface area contributed by atoms with E-state index >= 15 is 0 Å². The van der Waals surface area contributed by atoms with E-state index in [0.717, 1.165) is 43.2 Å². The lowest BCUT2D eigenvalue weighted by Gasteiger charge is -2.38. The summed E-state index contributed by atoms with van der Waals surface area (Å²) in [5.74, 6) is -1.07. The SMILES string of the molecule is CC(=O)OC(C(=O)OC1CC2CCC(C1)N2CCCn1cnc2c1c(=O)n(C)c(=O)n2C)c1ccccc1. The second-order valence-electron chi connectivity index (χ2n) is 10.2. The normalized spacial score (nSPS) is 21.9. The molecule has 1 aromatic carbocycles. The van der Waals surface area contributed by atoms with Crippen molar-refractivity contribution in [2.45, 2.75) is 69.9 Å². The second-order valence-corrected chi connectivity index (χ2v) is 10.2. The Balaban J connectivity index is 1.20. The van der Waals surface area contributed by atoms with Crippen LogP contribution in [0.4, 0.5) is 0 Å². The largest absolute Gasteiger partial charge is 0.459 e. The maximum Gasteiger partial charge on any atom is 0.352 e. The van der Waals surface area contributed by atoms with Gasteiger partial charge >= 0.3 is 17.6 Å². The maximum atomic E-state index is 13.0. The number of nitrogens with zero attached hydrogens (tertiary/aromatic N) is 5. The summed E-state index contributed by atoms with van der Waals surface area (Å²) in [5, 5.41) is 0. The number of esters is 2. The fraction of sp³-hybridized carbons (Fsp3) is 0.519. The molecule has 5 rings (SSSR count). The molecule has 0 saturated carbocycles. The van der Waals surface area contributed by atoms with Crippen molar-refractivity contribution in [3.8, 4) is 0 Å². The minimum atomic E-state index is -1.07. The van der Waals surface area contributed by atoms with Crippen molar-refractivity contribution in [2.75, 3.05) is 6.54 Å². The number of ether oxygens (including phenoxy) is 2. The number of carbonyl (C=O) groups excluding carboxylic acids is 2. The predicted octanol–water partition coefficient (Wildman–Crippen LogP) is 1.67. The van der Waals surface area contributed by atoms with Crippen LogP contribution in [0.1, 0.15) is 50.7 Å². The Kier molecular flexibility index (Phi) is 7.20. The molecule has 2 aliphatic heterocycles. The standard InChI is InChI=1S/C27H33N5O6/c1-17(33)37-23(18-8-5-4-6-9-18)26(35)38-21-14-19-10-11-20(15-21)32(19)13-7-12-31-16-28-24-22(31)25(34)30(3)27(36)29(24)2/h4-6,8-9,16,19-21,23H,7,10-15H2,1-3H3. The lowest BCUT2D eigenvalue weighted by atomic mass is 9.99. The molecule has 0 radical (unpaired) electrons. The van der Waals surface area contributed by atoms with Crippen LogP contribution in [0.3, 0.4) is 0 Å². The van der Waals surface area contributed by atoms with Crippen LogP contribution < -0.4 is 11.2 Å². The van der Waals surface area contributed by atoms with Crippen molar-refractivity contribution in [1.82, 2.24) is 23.6 Å². The Morgan fingerprint density at radius 1 is 1.03 bits per heavy atom. The zero-order chi connectivity index (χ0) is 27.0. The number of imidazole rings is 1. The van der Waals surface area contributed by atoms with Gasteiger partial charge in [0, 0.05) is 64.6 Å². The zero-order valence-electron chi connectivity index (χ0n) is 21.9. The number of carbonyl (C=O) groups is 2. The van der Waals surface area contributed by atoms with Crippen molar-refractivity contribution in [2.24, 2.45) is 14.1 Å². The highest BCUT2D eigenvalue weighted by molar-refractivity contribution is 5.80. The van der Waals surface area contributed by atoms with Gasteiger partial charge in [-0.15, -0.1) is 0 Å². The first-order valence-electron chi connectivity index (χ1n) is 13.0. The first kappa shape index (κ1) is 25.9. The summed E-state index contributed by atoms with van der Waals surface area (Å²) in [6.07, 6.45) is 4.71. The highest BCUT2D eigenvalue weighted by atomic mass is 16.6. The number of rotatable bonds is 8. The van der Waals surface area contributed by atoms with Crippen molar-refractivity contribution in [1.29, 1.82) is 0 Å². The molecule has 11 heteroatoms. The van der Waals surface area contributed by atoms with Crippen molar-refractivity contribution in [3.05, 3.63) is 63.1 Å². The van der Waals surface area contributed by atoms with Crippen LogP contribution in [0.25, 0.3) is 11.2 Å². The average molecular weight is 524 g/mol. The van der Waals surface area contributed by atoms with Gasteiger partial charge in [-0.25, -0.2) is 14.6 Å². The highest BCUT2D eigenvalue weighted by Gasteiger charge is 2.42. The van der Waals surface area contributed by atoms with Gasteiger partial charge in [-0.05, 0) is 19.3 Å². The van der Waals surface area contributed by atoms with E-state index in [9.17, 15) is 19.2 Å². The number of aromatic nitrogens is 4. The Hall–Kier alpha value is -3.73. The average Bonchev–Trinajstić information content (AvgIpc) is 3.43. The van der Waals surface area contributed by atoms with Crippen LogP contribution in [-0.4, -0.2) is 60.3 Å². The molecule has 2 aromatic heterocycles. The van der Waals surface area contributed by atoms with E-state index in [1.165, 1.54) is 18.5 Å². The first-order chi connectivity index (χ1) is 18.2. The van der Waals surface area contributed by atoms with Crippen molar-refractivity contribution < 1.29 is 19.1 Å². The first-order valence-corrected chi connectivity index (χ1v) is 13.0. The summed E-state index contributed by atoms with van der Waals surface area (Å²) in [7, 11) is 3.09. The van der Waals surface area contributed by atoms with E-state index in [4.69, 9.17) is 9.47 Å². The molecule has 38 heavy (non-hydrogen) atoms. The van der Waals surface area contributed by atoms with E-state index in [-0.39, 0.29) is 11.7 Å². The molecule has 3 atom stereocenters. The van der Waals surface area contributed by atoms with Gasteiger partial charge in [0.25, 0.3) is 5.56 Å². The summed E-state index contributed by atoms with van der Waals surface area (Å²) in [5.41, 5.74) is 0.684. The quantitative estimate of drug-likeness (QED) is 0.409. The third kappa shape index (κ3) is 4.90. The predicted molar refractivity (Wildman–Crippen MR) is 138 cm³/mol.